The first-order chi connectivity index (χ1) is 10.8. The van der Waals surface area contributed by atoms with Gasteiger partial charge in [0.25, 0.3) is 0 Å². The number of primary amides is 1. The van der Waals surface area contributed by atoms with Crippen LogP contribution in [0.25, 0.3) is 0 Å². The molecule has 0 rings (SSSR count). The lowest BCUT2D eigenvalue weighted by molar-refractivity contribution is -0.148. The van der Waals surface area contributed by atoms with Gasteiger partial charge in [0.1, 0.15) is 0 Å². The summed E-state index contributed by atoms with van der Waals surface area (Å²) in [5.41, 5.74) is 8.69. The van der Waals surface area contributed by atoms with Gasteiger partial charge in [-0.25, -0.2) is 4.79 Å². The number of aliphatic carboxylic acids is 1. The van der Waals surface area contributed by atoms with E-state index in [1.807, 2.05) is 0 Å². The predicted molar refractivity (Wildman–Crippen MR) is 89.8 cm³/mol. The van der Waals surface area contributed by atoms with E-state index in [0.717, 1.165) is 19.3 Å². The third-order valence-electron chi connectivity index (χ3n) is 4.15. The summed E-state index contributed by atoms with van der Waals surface area (Å²) in [6.45, 7) is 2.19. The molecule has 0 unspecified atom stereocenters. The van der Waals surface area contributed by atoms with Crippen molar-refractivity contribution in [3.05, 3.63) is 0 Å². The van der Waals surface area contributed by atoms with Crippen LogP contribution >= 0.6 is 0 Å². The average Bonchev–Trinajstić information content (AvgIpc) is 2.50. The molecule has 0 aliphatic heterocycles. The van der Waals surface area contributed by atoms with Gasteiger partial charge in [0.2, 0.25) is 5.91 Å². The lowest BCUT2D eigenvalue weighted by Crippen LogP contribution is -2.55. The summed E-state index contributed by atoms with van der Waals surface area (Å²) in [6, 6.07) is 0. The molecule has 1 atom stereocenters. The van der Waals surface area contributed by atoms with Crippen molar-refractivity contribution in [2.45, 2.75) is 89.5 Å². The maximum absolute atomic E-state index is 12.1. The van der Waals surface area contributed by atoms with Gasteiger partial charge in [0, 0.05) is 12.8 Å². The summed E-state index contributed by atoms with van der Waals surface area (Å²) in [4.78, 5) is 34.1. The highest BCUT2D eigenvalue weighted by molar-refractivity contribution is 6.07. The van der Waals surface area contributed by atoms with E-state index in [2.05, 4.69) is 6.92 Å². The van der Waals surface area contributed by atoms with Crippen LogP contribution in [-0.2, 0) is 14.4 Å². The fourth-order valence-electron chi connectivity index (χ4n) is 2.51. The average molecular weight is 328 g/mol. The number of carboxylic acid groups (broad SMARTS) is 1. The third kappa shape index (κ3) is 9.33. The molecule has 0 aromatic heterocycles. The Morgan fingerprint density at radius 3 is 1.78 bits per heavy atom. The van der Waals surface area contributed by atoms with Crippen LogP contribution in [-0.4, -0.2) is 28.3 Å². The zero-order valence-electron chi connectivity index (χ0n) is 14.3. The van der Waals surface area contributed by atoms with E-state index >= 15 is 0 Å². The highest BCUT2D eigenvalue weighted by Crippen LogP contribution is 2.17. The molecule has 0 radical (unpaired) electrons. The van der Waals surface area contributed by atoms with E-state index in [9.17, 15) is 14.4 Å². The van der Waals surface area contributed by atoms with Gasteiger partial charge in [0.15, 0.2) is 11.3 Å². The molecule has 23 heavy (non-hydrogen) atoms. The SMILES string of the molecule is CCCCCCCCCCCC(=O)[C@@](N)(CCC(N)=O)C(=O)O. The number of ketones is 1. The van der Waals surface area contributed by atoms with Crippen molar-refractivity contribution in [3.8, 4) is 0 Å². The molecule has 6 heteroatoms. The topological polar surface area (TPSA) is 123 Å². The molecule has 1 amide bonds. The maximum atomic E-state index is 12.1. The summed E-state index contributed by atoms with van der Waals surface area (Å²) in [6.07, 6.45) is 9.68. The number of Topliss-reactive ketones (excluding diaryl/α,β-unsaturated/α-hetero) is 1. The lowest BCUT2D eigenvalue weighted by Gasteiger charge is -2.22. The Balaban J connectivity index is 3.96. The van der Waals surface area contributed by atoms with Gasteiger partial charge in [-0.1, -0.05) is 58.3 Å². The Kier molecular flexibility index (Phi) is 11.3. The third-order valence-corrected chi connectivity index (χ3v) is 4.15. The summed E-state index contributed by atoms with van der Waals surface area (Å²) < 4.78 is 0. The van der Waals surface area contributed by atoms with Crippen molar-refractivity contribution in [1.29, 1.82) is 0 Å². The van der Waals surface area contributed by atoms with Crippen LogP contribution < -0.4 is 11.5 Å². The number of carbonyl (C=O) groups is 3. The highest BCUT2D eigenvalue weighted by atomic mass is 16.4. The van der Waals surface area contributed by atoms with Crippen LogP contribution in [0.4, 0.5) is 0 Å². The minimum atomic E-state index is -1.99. The van der Waals surface area contributed by atoms with Crippen LogP contribution in [0.15, 0.2) is 0 Å². The smallest absolute Gasteiger partial charge is 0.331 e. The second-order valence-corrected chi connectivity index (χ2v) is 6.24. The first kappa shape index (κ1) is 21.6. The quantitative estimate of drug-likeness (QED) is 0.315. The van der Waals surface area contributed by atoms with E-state index < -0.39 is 23.2 Å². The van der Waals surface area contributed by atoms with E-state index in [-0.39, 0.29) is 19.3 Å². The van der Waals surface area contributed by atoms with Gasteiger partial charge in [0.05, 0.1) is 0 Å². The Labute approximate surface area is 139 Å². The second kappa shape index (κ2) is 12.0. The number of carbonyl (C=O) groups excluding carboxylic acids is 2. The molecule has 0 bridgehead atoms. The van der Waals surface area contributed by atoms with Crippen molar-refractivity contribution < 1.29 is 19.5 Å². The van der Waals surface area contributed by atoms with Gasteiger partial charge in [-0.3, -0.25) is 9.59 Å². The maximum Gasteiger partial charge on any atom is 0.331 e. The lowest BCUT2D eigenvalue weighted by atomic mass is 9.87. The van der Waals surface area contributed by atoms with Gasteiger partial charge >= 0.3 is 5.97 Å². The number of rotatable bonds is 15. The molecule has 0 fully saturated rings. The second-order valence-electron chi connectivity index (χ2n) is 6.24. The molecule has 0 aromatic carbocycles. The predicted octanol–water partition coefficient (Wildman–Crippen LogP) is 2.52. The van der Waals surface area contributed by atoms with E-state index in [0.29, 0.717) is 6.42 Å². The number of amides is 1. The molecule has 0 aromatic rings. The molecular weight excluding hydrogens is 296 g/mol. The Morgan fingerprint density at radius 2 is 1.35 bits per heavy atom. The monoisotopic (exact) mass is 328 g/mol. The van der Waals surface area contributed by atoms with Crippen molar-refractivity contribution >= 4 is 17.7 Å². The first-order valence-electron chi connectivity index (χ1n) is 8.68. The normalized spacial score (nSPS) is 13.5. The summed E-state index contributed by atoms with van der Waals surface area (Å²) in [5, 5.41) is 9.16. The van der Waals surface area contributed by atoms with Gasteiger partial charge in [-0.05, 0) is 12.8 Å². The molecule has 0 aliphatic rings. The largest absolute Gasteiger partial charge is 0.480 e. The Morgan fingerprint density at radius 1 is 0.870 bits per heavy atom. The molecule has 0 saturated carbocycles. The molecule has 6 nitrogen and oxygen atoms in total. The van der Waals surface area contributed by atoms with Gasteiger partial charge in [-0.2, -0.15) is 0 Å². The standard InChI is InChI=1S/C17H32N2O4/c1-2-3-4-5-6-7-8-9-10-11-14(20)17(19,16(22)23)13-12-15(18)21/h2-13,19H2,1H3,(H2,18,21)(H,22,23)/t17-/m0/s1. The minimum Gasteiger partial charge on any atom is -0.480 e. The van der Waals surface area contributed by atoms with Gasteiger partial charge < -0.3 is 16.6 Å². The summed E-state index contributed by atoms with van der Waals surface area (Å²) in [7, 11) is 0. The molecular formula is C17H32N2O4. The number of hydrogen-bond donors (Lipinski definition) is 3. The Hall–Kier alpha value is -1.43. The van der Waals surface area contributed by atoms with Crippen LogP contribution in [0.3, 0.4) is 0 Å². The van der Waals surface area contributed by atoms with E-state index in [1.54, 1.807) is 0 Å². The summed E-state index contributed by atoms with van der Waals surface area (Å²) in [5.74, 6) is -2.56. The molecule has 0 heterocycles. The summed E-state index contributed by atoms with van der Waals surface area (Å²) >= 11 is 0. The fraction of sp³-hybridized carbons (Fsp3) is 0.824. The fourth-order valence-corrected chi connectivity index (χ4v) is 2.51. The van der Waals surface area contributed by atoms with Gasteiger partial charge in [-0.15, -0.1) is 0 Å². The molecule has 134 valence electrons. The Bertz CT molecular complexity index is 385. The minimum absolute atomic E-state index is 0.136. The molecule has 0 spiro atoms. The molecule has 0 aliphatic carbocycles. The molecule has 0 saturated heterocycles. The highest BCUT2D eigenvalue weighted by Gasteiger charge is 2.41. The van der Waals surface area contributed by atoms with Crippen LogP contribution in [0.2, 0.25) is 0 Å². The van der Waals surface area contributed by atoms with E-state index in [4.69, 9.17) is 16.6 Å². The number of hydrogen-bond acceptors (Lipinski definition) is 4. The number of unbranched alkanes of at least 4 members (excludes halogenated alkanes) is 8. The molecule has 5 N–H and O–H groups in total. The van der Waals surface area contributed by atoms with Crippen LogP contribution in [0, 0.1) is 0 Å². The van der Waals surface area contributed by atoms with Crippen molar-refractivity contribution in [1.82, 2.24) is 0 Å². The van der Waals surface area contributed by atoms with E-state index in [1.165, 1.54) is 32.1 Å². The van der Waals surface area contributed by atoms with Crippen molar-refractivity contribution in [2.75, 3.05) is 0 Å². The first-order valence-corrected chi connectivity index (χ1v) is 8.68. The van der Waals surface area contributed by atoms with Crippen LogP contribution in [0.1, 0.15) is 84.0 Å². The number of carboxylic acids is 1. The zero-order chi connectivity index (χ0) is 17.7. The van der Waals surface area contributed by atoms with Crippen molar-refractivity contribution in [2.24, 2.45) is 11.5 Å². The number of nitrogens with two attached hydrogens (primary N) is 2. The zero-order valence-corrected chi connectivity index (χ0v) is 14.3. The van der Waals surface area contributed by atoms with Crippen molar-refractivity contribution in [3.63, 3.8) is 0 Å². The van der Waals surface area contributed by atoms with Crippen LogP contribution in [0.5, 0.6) is 0 Å².